The summed E-state index contributed by atoms with van der Waals surface area (Å²) < 4.78 is 11.0. The first kappa shape index (κ1) is 19.9. The van der Waals surface area contributed by atoms with Crippen LogP contribution in [-0.4, -0.2) is 45.9 Å². The van der Waals surface area contributed by atoms with Gasteiger partial charge in [0.15, 0.2) is 0 Å². The Labute approximate surface area is 129 Å². The van der Waals surface area contributed by atoms with Gasteiger partial charge in [0.05, 0.1) is 0 Å². The number of amides is 2. The SMILES string of the molecule is CCCCCCCCNC(=O)C(CCS(C)=O)NC(=O)O. The van der Waals surface area contributed by atoms with Crippen LogP contribution in [0.15, 0.2) is 0 Å². The molecule has 0 aromatic heterocycles. The van der Waals surface area contributed by atoms with Gasteiger partial charge in [-0.3, -0.25) is 9.00 Å². The summed E-state index contributed by atoms with van der Waals surface area (Å²) in [5, 5.41) is 13.6. The van der Waals surface area contributed by atoms with Gasteiger partial charge in [0.25, 0.3) is 0 Å². The fraction of sp³-hybridized carbons (Fsp3) is 0.857. The molecule has 0 saturated heterocycles. The Morgan fingerprint density at radius 1 is 1.14 bits per heavy atom. The van der Waals surface area contributed by atoms with Crippen LogP contribution in [0.3, 0.4) is 0 Å². The van der Waals surface area contributed by atoms with Crippen molar-refractivity contribution < 1.29 is 18.9 Å². The summed E-state index contributed by atoms with van der Waals surface area (Å²) in [5.41, 5.74) is 0. The number of unbranched alkanes of at least 4 members (excludes halogenated alkanes) is 5. The predicted octanol–water partition coefficient (Wildman–Crippen LogP) is 1.87. The van der Waals surface area contributed by atoms with Crippen LogP contribution in [0, 0.1) is 0 Å². The molecule has 6 nitrogen and oxygen atoms in total. The van der Waals surface area contributed by atoms with Gasteiger partial charge in [-0.15, -0.1) is 0 Å². The van der Waals surface area contributed by atoms with Crippen molar-refractivity contribution in [2.75, 3.05) is 18.6 Å². The molecule has 0 heterocycles. The van der Waals surface area contributed by atoms with E-state index < -0.39 is 22.9 Å². The number of nitrogens with one attached hydrogen (secondary N) is 2. The molecule has 0 aliphatic carbocycles. The summed E-state index contributed by atoms with van der Waals surface area (Å²) in [4.78, 5) is 22.6. The molecule has 0 fully saturated rings. The zero-order valence-corrected chi connectivity index (χ0v) is 13.8. The molecule has 0 rings (SSSR count). The Bertz CT molecular complexity index is 337. The first-order valence-corrected chi connectivity index (χ1v) is 9.27. The molecule has 7 heteroatoms. The maximum absolute atomic E-state index is 11.9. The molecule has 2 atom stereocenters. The number of carboxylic acid groups (broad SMARTS) is 1. The van der Waals surface area contributed by atoms with E-state index in [-0.39, 0.29) is 12.3 Å². The van der Waals surface area contributed by atoms with Crippen molar-refractivity contribution in [1.29, 1.82) is 0 Å². The van der Waals surface area contributed by atoms with E-state index in [0.29, 0.717) is 12.3 Å². The standard InChI is InChI=1S/C14H28N2O4S/c1-3-4-5-6-7-8-10-15-13(17)12(16-14(18)19)9-11-21(2)20/h12,16H,3-11H2,1-2H3,(H,15,17)(H,18,19). The van der Waals surface area contributed by atoms with E-state index in [4.69, 9.17) is 5.11 Å². The molecule has 2 unspecified atom stereocenters. The average Bonchev–Trinajstić information content (AvgIpc) is 2.41. The lowest BCUT2D eigenvalue weighted by Crippen LogP contribution is -2.47. The number of carbonyl (C=O) groups is 2. The third-order valence-corrected chi connectivity index (χ3v) is 3.95. The zero-order valence-electron chi connectivity index (χ0n) is 13.0. The Morgan fingerprint density at radius 2 is 1.76 bits per heavy atom. The summed E-state index contributed by atoms with van der Waals surface area (Å²) in [5.74, 6) is -0.0357. The van der Waals surface area contributed by atoms with E-state index in [2.05, 4.69) is 17.6 Å². The van der Waals surface area contributed by atoms with Crippen LogP contribution in [0.2, 0.25) is 0 Å². The van der Waals surface area contributed by atoms with Crippen LogP contribution in [0.25, 0.3) is 0 Å². The first-order valence-electron chi connectivity index (χ1n) is 7.54. The highest BCUT2D eigenvalue weighted by molar-refractivity contribution is 7.84. The monoisotopic (exact) mass is 320 g/mol. The van der Waals surface area contributed by atoms with Crippen molar-refractivity contribution in [3.05, 3.63) is 0 Å². The van der Waals surface area contributed by atoms with Gasteiger partial charge in [-0.25, -0.2) is 4.79 Å². The van der Waals surface area contributed by atoms with Crippen molar-refractivity contribution in [3.63, 3.8) is 0 Å². The van der Waals surface area contributed by atoms with Gasteiger partial charge in [-0.1, -0.05) is 39.0 Å². The van der Waals surface area contributed by atoms with Gasteiger partial charge in [-0.2, -0.15) is 0 Å². The molecule has 21 heavy (non-hydrogen) atoms. The van der Waals surface area contributed by atoms with Crippen LogP contribution in [-0.2, 0) is 15.6 Å². The number of rotatable bonds is 12. The molecule has 0 aromatic rings. The van der Waals surface area contributed by atoms with Crippen LogP contribution < -0.4 is 10.6 Å². The van der Waals surface area contributed by atoms with E-state index >= 15 is 0 Å². The second-order valence-corrected chi connectivity index (χ2v) is 6.68. The molecule has 0 bridgehead atoms. The van der Waals surface area contributed by atoms with Crippen molar-refractivity contribution in [2.45, 2.75) is 57.9 Å². The van der Waals surface area contributed by atoms with E-state index in [9.17, 15) is 13.8 Å². The summed E-state index contributed by atoms with van der Waals surface area (Å²) in [6, 6.07) is -0.827. The number of carbonyl (C=O) groups excluding carboxylic acids is 1. The third kappa shape index (κ3) is 12.3. The van der Waals surface area contributed by atoms with Crippen molar-refractivity contribution in [1.82, 2.24) is 10.6 Å². The molecule has 0 aliphatic heterocycles. The van der Waals surface area contributed by atoms with Crippen molar-refractivity contribution in [2.24, 2.45) is 0 Å². The second kappa shape index (κ2) is 12.6. The van der Waals surface area contributed by atoms with E-state index in [1.807, 2.05) is 0 Å². The lowest BCUT2D eigenvalue weighted by molar-refractivity contribution is -0.123. The predicted molar refractivity (Wildman–Crippen MR) is 84.9 cm³/mol. The zero-order chi connectivity index (χ0) is 16.1. The maximum Gasteiger partial charge on any atom is 0.405 e. The van der Waals surface area contributed by atoms with Gasteiger partial charge in [0, 0.05) is 29.4 Å². The van der Waals surface area contributed by atoms with E-state index in [1.54, 1.807) is 0 Å². The number of hydrogen-bond acceptors (Lipinski definition) is 3. The summed E-state index contributed by atoms with van der Waals surface area (Å²) in [7, 11) is -1.04. The van der Waals surface area contributed by atoms with Gasteiger partial charge in [0.1, 0.15) is 6.04 Å². The molecule has 0 spiro atoms. The Kier molecular flexibility index (Phi) is 12.0. The van der Waals surface area contributed by atoms with Crippen LogP contribution >= 0.6 is 0 Å². The number of hydrogen-bond donors (Lipinski definition) is 3. The fourth-order valence-corrected chi connectivity index (χ4v) is 2.51. The molecule has 0 aliphatic rings. The Hall–Kier alpha value is -1.11. The van der Waals surface area contributed by atoms with Gasteiger partial charge in [0.2, 0.25) is 5.91 Å². The summed E-state index contributed by atoms with van der Waals surface area (Å²) in [6.07, 6.45) is 7.33. The van der Waals surface area contributed by atoms with Gasteiger partial charge < -0.3 is 15.7 Å². The second-order valence-electron chi connectivity index (χ2n) is 5.13. The van der Waals surface area contributed by atoms with Gasteiger partial charge >= 0.3 is 6.09 Å². The first-order chi connectivity index (χ1) is 9.97. The minimum Gasteiger partial charge on any atom is -0.465 e. The minimum absolute atomic E-state index is 0.248. The highest BCUT2D eigenvalue weighted by Crippen LogP contribution is 2.04. The van der Waals surface area contributed by atoms with Crippen LogP contribution in [0.5, 0.6) is 0 Å². The molecule has 3 N–H and O–H groups in total. The molecule has 0 saturated carbocycles. The summed E-state index contributed by atoms with van der Waals surface area (Å²) >= 11 is 0. The summed E-state index contributed by atoms with van der Waals surface area (Å²) in [6.45, 7) is 2.72. The van der Waals surface area contributed by atoms with Crippen molar-refractivity contribution in [3.8, 4) is 0 Å². The fourth-order valence-electron chi connectivity index (χ4n) is 1.94. The molecular weight excluding hydrogens is 292 g/mol. The molecular formula is C14H28N2O4S. The van der Waals surface area contributed by atoms with E-state index in [0.717, 1.165) is 19.3 Å². The molecule has 0 aromatic carbocycles. The normalized spacial score (nSPS) is 13.4. The average molecular weight is 320 g/mol. The third-order valence-electron chi connectivity index (χ3n) is 3.14. The Balaban J connectivity index is 3.93. The highest BCUT2D eigenvalue weighted by Gasteiger charge is 2.20. The van der Waals surface area contributed by atoms with Crippen LogP contribution in [0.4, 0.5) is 4.79 Å². The molecule has 0 radical (unpaired) electrons. The maximum atomic E-state index is 11.9. The topological polar surface area (TPSA) is 95.5 Å². The molecule has 2 amide bonds. The largest absolute Gasteiger partial charge is 0.465 e. The Morgan fingerprint density at radius 3 is 2.33 bits per heavy atom. The quantitative estimate of drug-likeness (QED) is 0.478. The smallest absolute Gasteiger partial charge is 0.405 e. The van der Waals surface area contributed by atoms with E-state index in [1.165, 1.54) is 25.5 Å². The minimum atomic E-state index is -1.24. The van der Waals surface area contributed by atoms with Gasteiger partial charge in [-0.05, 0) is 12.8 Å². The molecule has 124 valence electrons. The highest BCUT2D eigenvalue weighted by atomic mass is 32.2. The lowest BCUT2D eigenvalue weighted by Gasteiger charge is -2.16. The lowest BCUT2D eigenvalue weighted by atomic mass is 10.1. The van der Waals surface area contributed by atoms with Crippen molar-refractivity contribution >= 4 is 22.8 Å². The van der Waals surface area contributed by atoms with Crippen LogP contribution in [0.1, 0.15) is 51.9 Å².